The van der Waals surface area contributed by atoms with Crippen LogP contribution in [0.4, 0.5) is 0 Å². The molecule has 28 heavy (non-hydrogen) atoms. The van der Waals surface area contributed by atoms with Gasteiger partial charge in [0.25, 0.3) is 0 Å². The summed E-state index contributed by atoms with van der Waals surface area (Å²) in [6.07, 6.45) is 7.05. The number of aliphatic imine (C=N–C) groups is 1. The lowest BCUT2D eigenvalue weighted by molar-refractivity contribution is -0.137. The number of guanidine groups is 1. The van der Waals surface area contributed by atoms with E-state index >= 15 is 0 Å². The molecule has 0 fully saturated rings. The Hall–Kier alpha value is -3.09. The third kappa shape index (κ3) is 5.70. The first-order chi connectivity index (χ1) is 13.6. The van der Waals surface area contributed by atoms with E-state index in [1.54, 1.807) is 0 Å². The van der Waals surface area contributed by atoms with Crippen LogP contribution in [0, 0.1) is 0 Å². The maximum atomic E-state index is 12.1. The van der Waals surface area contributed by atoms with Crippen LogP contribution < -0.4 is 16.0 Å². The predicted molar refractivity (Wildman–Crippen MR) is 109 cm³/mol. The molecule has 1 amide bonds. The monoisotopic (exact) mass is 382 g/mol. The number of amides is 1. The summed E-state index contributed by atoms with van der Waals surface area (Å²) in [5.41, 5.74) is 2.93. The highest BCUT2D eigenvalue weighted by Gasteiger charge is 2.18. The minimum atomic E-state index is -0.838. The summed E-state index contributed by atoms with van der Waals surface area (Å²) < 4.78 is 0. The van der Waals surface area contributed by atoms with Crippen LogP contribution in [0.2, 0.25) is 0 Å². The SMILES string of the molecule is O=C(O)CC1C=C(CNC(=O)CCCNC2=NCCN2)C=Cc2ccccc21. The highest BCUT2D eigenvalue weighted by atomic mass is 16.4. The van der Waals surface area contributed by atoms with Crippen molar-refractivity contribution in [3.63, 3.8) is 0 Å². The van der Waals surface area contributed by atoms with E-state index in [9.17, 15) is 14.7 Å². The molecule has 0 radical (unpaired) electrons. The molecule has 7 heteroatoms. The van der Waals surface area contributed by atoms with Gasteiger partial charge in [-0.15, -0.1) is 0 Å². The van der Waals surface area contributed by atoms with Crippen LogP contribution in [-0.2, 0) is 9.59 Å². The van der Waals surface area contributed by atoms with E-state index in [2.05, 4.69) is 20.9 Å². The van der Waals surface area contributed by atoms with Crippen molar-refractivity contribution >= 4 is 23.9 Å². The van der Waals surface area contributed by atoms with Gasteiger partial charge in [0, 0.05) is 32.0 Å². The molecule has 0 aromatic heterocycles. The number of carbonyl (C=O) groups excluding carboxylic acids is 1. The molecule has 3 rings (SSSR count). The number of allylic oxidation sites excluding steroid dienone is 1. The number of benzene rings is 1. The Morgan fingerprint density at radius 2 is 2.11 bits per heavy atom. The quantitative estimate of drug-likeness (QED) is 0.512. The first-order valence-electron chi connectivity index (χ1n) is 9.60. The first-order valence-corrected chi connectivity index (χ1v) is 9.60. The molecule has 1 unspecified atom stereocenters. The van der Waals surface area contributed by atoms with Gasteiger partial charge in [0.15, 0.2) is 5.96 Å². The van der Waals surface area contributed by atoms with Crippen molar-refractivity contribution in [2.24, 2.45) is 4.99 Å². The van der Waals surface area contributed by atoms with Gasteiger partial charge in [0.2, 0.25) is 5.91 Å². The molecule has 0 bridgehead atoms. The number of rotatable bonds is 8. The molecule has 1 aliphatic carbocycles. The van der Waals surface area contributed by atoms with Crippen molar-refractivity contribution in [2.75, 3.05) is 26.2 Å². The van der Waals surface area contributed by atoms with E-state index in [0.29, 0.717) is 25.9 Å². The number of hydrogen-bond acceptors (Lipinski definition) is 5. The van der Waals surface area contributed by atoms with Crippen LogP contribution in [0.5, 0.6) is 0 Å². The molecule has 148 valence electrons. The maximum Gasteiger partial charge on any atom is 0.304 e. The molecule has 0 spiro atoms. The van der Waals surface area contributed by atoms with Crippen LogP contribution in [0.25, 0.3) is 6.08 Å². The average Bonchev–Trinajstić information content (AvgIpc) is 3.14. The first kappa shape index (κ1) is 19.7. The second-order valence-corrected chi connectivity index (χ2v) is 6.87. The standard InChI is InChI=1S/C21H26N4O3/c26-19(6-3-9-22-21-23-10-11-24-21)25-14-15-7-8-16-4-1-2-5-18(16)17(12-15)13-20(27)28/h1-2,4-5,7-8,12,17H,3,6,9-11,13-14H2,(H,25,26)(H,27,28)(H2,22,23,24). The topological polar surface area (TPSA) is 103 Å². The van der Waals surface area contributed by atoms with E-state index < -0.39 is 5.97 Å². The second-order valence-electron chi connectivity index (χ2n) is 6.87. The van der Waals surface area contributed by atoms with Crippen LogP contribution in [0.15, 0.2) is 47.0 Å². The summed E-state index contributed by atoms with van der Waals surface area (Å²) in [5.74, 6) is -0.262. The molecule has 0 saturated heterocycles. The fourth-order valence-corrected chi connectivity index (χ4v) is 3.34. The minimum absolute atomic E-state index is 0.0195. The summed E-state index contributed by atoms with van der Waals surface area (Å²) in [5, 5.41) is 18.5. The second kappa shape index (κ2) is 9.73. The van der Waals surface area contributed by atoms with Gasteiger partial charge in [-0.25, -0.2) is 0 Å². The van der Waals surface area contributed by atoms with Crippen molar-refractivity contribution in [3.05, 3.63) is 53.1 Å². The normalized spacial score (nSPS) is 17.6. The van der Waals surface area contributed by atoms with Crippen molar-refractivity contribution in [3.8, 4) is 0 Å². The van der Waals surface area contributed by atoms with Crippen LogP contribution in [0.3, 0.4) is 0 Å². The summed E-state index contributed by atoms with van der Waals surface area (Å²) in [4.78, 5) is 27.6. The van der Waals surface area contributed by atoms with Crippen LogP contribution >= 0.6 is 0 Å². The Morgan fingerprint density at radius 1 is 1.25 bits per heavy atom. The van der Waals surface area contributed by atoms with Gasteiger partial charge in [0.1, 0.15) is 0 Å². The Kier molecular flexibility index (Phi) is 6.84. The van der Waals surface area contributed by atoms with Crippen LogP contribution in [0.1, 0.15) is 36.3 Å². The van der Waals surface area contributed by atoms with Gasteiger partial charge in [0.05, 0.1) is 13.0 Å². The predicted octanol–water partition coefficient (Wildman–Crippen LogP) is 1.64. The number of nitrogens with one attached hydrogen (secondary N) is 3. The smallest absolute Gasteiger partial charge is 0.304 e. The van der Waals surface area contributed by atoms with E-state index in [1.165, 1.54) is 0 Å². The van der Waals surface area contributed by atoms with E-state index in [4.69, 9.17) is 0 Å². The largest absolute Gasteiger partial charge is 0.481 e. The summed E-state index contributed by atoms with van der Waals surface area (Å²) >= 11 is 0. The third-order valence-electron chi connectivity index (χ3n) is 4.72. The number of carboxylic acids is 1. The number of hydrogen-bond donors (Lipinski definition) is 4. The number of aliphatic carboxylic acids is 1. The van der Waals surface area contributed by atoms with E-state index in [-0.39, 0.29) is 18.2 Å². The van der Waals surface area contributed by atoms with Crippen molar-refractivity contribution in [2.45, 2.75) is 25.2 Å². The fourth-order valence-electron chi connectivity index (χ4n) is 3.34. The van der Waals surface area contributed by atoms with Gasteiger partial charge < -0.3 is 21.1 Å². The zero-order chi connectivity index (χ0) is 19.8. The highest BCUT2D eigenvalue weighted by Crippen LogP contribution is 2.30. The number of fused-ring (bicyclic) bond motifs is 1. The Balaban J connectivity index is 1.50. The average molecular weight is 382 g/mol. The summed E-state index contributed by atoms with van der Waals surface area (Å²) in [7, 11) is 0. The third-order valence-corrected chi connectivity index (χ3v) is 4.72. The number of nitrogens with zero attached hydrogens (tertiary/aromatic N) is 1. The van der Waals surface area contributed by atoms with Gasteiger partial charge in [-0.1, -0.05) is 42.5 Å². The molecule has 2 aliphatic rings. The molecule has 4 N–H and O–H groups in total. The van der Waals surface area contributed by atoms with Crippen molar-refractivity contribution < 1.29 is 14.7 Å². The van der Waals surface area contributed by atoms with E-state index in [0.717, 1.165) is 35.7 Å². The lowest BCUT2D eigenvalue weighted by Gasteiger charge is -2.13. The van der Waals surface area contributed by atoms with Crippen molar-refractivity contribution in [1.82, 2.24) is 16.0 Å². The fraction of sp³-hybridized carbons (Fsp3) is 0.381. The molecular formula is C21H26N4O3. The Morgan fingerprint density at radius 3 is 2.89 bits per heavy atom. The maximum absolute atomic E-state index is 12.1. The van der Waals surface area contributed by atoms with Gasteiger partial charge >= 0.3 is 5.97 Å². The molecule has 7 nitrogen and oxygen atoms in total. The molecule has 1 atom stereocenters. The lowest BCUT2D eigenvalue weighted by Crippen LogP contribution is -2.35. The zero-order valence-electron chi connectivity index (χ0n) is 15.8. The lowest BCUT2D eigenvalue weighted by atomic mass is 9.91. The van der Waals surface area contributed by atoms with Gasteiger partial charge in [-0.3, -0.25) is 14.6 Å². The number of carbonyl (C=O) groups is 2. The summed E-state index contributed by atoms with van der Waals surface area (Å²) in [6.45, 7) is 2.73. The van der Waals surface area contributed by atoms with Gasteiger partial charge in [-0.2, -0.15) is 0 Å². The molecule has 0 saturated carbocycles. The number of carboxylic acid groups (broad SMARTS) is 1. The highest BCUT2D eigenvalue weighted by molar-refractivity contribution is 5.81. The van der Waals surface area contributed by atoms with E-state index in [1.807, 2.05) is 42.5 Å². The molecule has 1 heterocycles. The minimum Gasteiger partial charge on any atom is -0.481 e. The molecule has 1 aromatic rings. The van der Waals surface area contributed by atoms with Crippen LogP contribution in [-0.4, -0.2) is 49.1 Å². The summed E-state index contributed by atoms with van der Waals surface area (Å²) in [6, 6.07) is 7.80. The van der Waals surface area contributed by atoms with Crippen molar-refractivity contribution in [1.29, 1.82) is 0 Å². The van der Waals surface area contributed by atoms with Gasteiger partial charge in [-0.05, 0) is 23.1 Å². The Bertz CT molecular complexity index is 814. The molecular weight excluding hydrogens is 356 g/mol. The zero-order valence-corrected chi connectivity index (χ0v) is 15.8. The Labute approximate surface area is 164 Å². The molecule has 1 aromatic carbocycles. The molecule has 1 aliphatic heterocycles.